The fourth-order valence-electron chi connectivity index (χ4n) is 2.85. The van der Waals surface area contributed by atoms with E-state index in [9.17, 15) is 4.79 Å². The SMILES string of the molecule is O=C(NCc1ccccc1)c1ccccc1OCc1nc(-c2cccc(Cl)c2)no1. The summed E-state index contributed by atoms with van der Waals surface area (Å²) in [6, 6.07) is 23.9. The van der Waals surface area contributed by atoms with Gasteiger partial charge in [0.2, 0.25) is 5.82 Å². The molecule has 0 atom stereocenters. The number of para-hydroxylation sites is 1. The van der Waals surface area contributed by atoms with Gasteiger partial charge in [0.1, 0.15) is 5.75 Å². The molecule has 3 aromatic carbocycles. The van der Waals surface area contributed by atoms with E-state index < -0.39 is 0 Å². The van der Waals surface area contributed by atoms with Crippen molar-refractivity contribution in [2.24, 2.45) is 0 Å². The molecule has 1 aromatic heterocycles. The lowest BCUT2D eigenvalue weighted by molar-refractivity contribution is 0.0945. The third-order valence-corrected chi connectivity index (χ3v) is 4.56. The summed E-state index contributed by atoms with van der Waals surface area (Å²) >= 11 is 6.01. The largest absolute Gasteiger partial charge is 0.483 e. The normalized spacial score (nSPS) is 10.6. The molecule has 0 aliphatic heterocycles. The predicted octanol–water partition coefficient (Wildman–Crippen LogP) is 4.90. The Morgan fingerprint density at radius 2 is 1.80 bits per heavy atom. The molecule has 0 saturated heterocycles. The van der Waals surface area contributed by atoms with E-state index in [1.807, 2.05) is 42.5 Å². The van der Waals surface area contributed by atoms with E-state index >= 15 is 0 Å². The lowest BCUT2D eigenvalue weighted by Gasteiger charge is -2.10. The van der Waals surface area contributed by atoms with Gasteiger partial charge in [-0.15, -0.1) is 0 Å². The summed E-state index contributed by atoms with van der Waals surface area (Å²) in [5.74, 6) is 0.930. The molecular weight excluding hydrogens is 402 g/mol. The van der Waals surface area contributed by atoms with Crippen LogP contribution >= 0.6 is 11.6 Å². The van der Waals surface area contributed by atoms with Crippen LogP contribution in [-0.2, 0) is 13.2 Å². The molecule has 1 amide bonds. The Bertz CT molecular complexity index is 1150. The lowest BCUT2D eigenvalue weighted by Crippen LogP contribution is -2.23. The monoisotopic (exact) mass is 419 g/mol. The standard InChI is InChI=1S/C23H18ClN3O3/c24-18-10-6-9-17(13-18)22-26-21(30-27-22)15-29-20-12-5-4-11-19(20)23(28)25-14-16-7-2-1-3-8-16/h1-13H,14-15H2,(H,25,28). The predicted molar refractivity (Wildman–Crippen MR) is 113 cm³/mol. The molecular formula is C23H18ClN3O3. The summed E-state index contributed by atoms with van der Waals surface area (Å²) in [6.45, 7) is 0.469. The summed E-state index contributed by atoms with van der Waals surface area (Å²) in [7, 11) is 0. The maximum Gasteiger partial charge on any atom is 0.264 e. The van der Waals surface area contributed by atoms with Gasteiger partial charge in [-0.3, -0.25) is 4.79 Å². The van der Waals surface area contributed by atoms with Crippen LogP contribution in [0, 0.1) is 0 Å². The Morgan fingerprint density at radius 1 is 1.00 bits per heavy atom. The number of rotatable bonds is 7. The Labute approximate surface area is 178 Å². The highest BCUT2D eigenvalue weighted by atomic mass is 35.5. The third kappa shape index (κ3) is 4.85. The summed E-state index contributed by atoms with van der Waals surface area (Å²) in [5.41, 5.74) is 2.20. The molecule has 0 aliphatic rings. The van der Waals surface area contributed by atoms with Gasteiger partial charge in [-0.2, -0.15) is 4.98 Å². The minimum atomic E-state index is -0.223. The van der Waals surface area contributed by atoms with Gasteiger partial charge in [0, 0.05) is 17.1 Å². The number of halogens is 1. The van der Waals surface area contributed by atoms with Gasteiger partial charge < -0.3 is 14.6 Å². The number of hydrogen-bond donors (Lipinski definition) is 1. The zero-order chi connectivity index (χ0) is 20.8. The van der Waals surface area contributed by atoms with Gasteiger partial charge >= 0.3 is 0 Å². The van der Waals surface area contributed by atoms with E-state index in [1.165, 1.54) is 0 Å². The van der Waals surface area contributed by atoms with Crippen molar-refractivity contribution in [2.45, 2.75) is 13.2 Å². The van der Waals surface area contributed by atoms with Gasteiger partial charge in [0.15, 0.2) is 6.61 Å². The highest BCUT2D eigenvalue weighted by Crippen LogP contribution is 2.22. The zero-order valence-electron chi connectivity index (χ0n) is 15.9. The molecule has 0 radical (unpaired) electrons. The number of benzene rings is 3. The van der Waals surface area contributed by atoms with Crippen LogP contribution in [0.5, 0.6) is 5.75 Å². The minimum absolute atomic E-state index is 0.0382. The smallest absolute Gasteiger partial charge is 0.264 e. The van der Waals surface area contributed by atoms with Crippen LogP contribution in [0.2, 0.25) is 5.02 Å². The maximum atomic E-state index is 12.6. The molecule has 0 spiro atoms. The molecule has 0 aliphatic carbocycles. The van der Waals surface area contributed by atoms with Gasteiger partial charge in [0.25, 0.3) is 11.8 Å². The molecule has 30 heavy (non-hydrogen) atoms. The molecule has 0 saturated carbocycles. The van der Waals surface area contributed by atoms with Crippen molar-refractivity contribution in [3.05, 3.63) is 101 Å². The molecule has 4 rings (SSSR count). The quantitative estimate of drug-likeness (QED) is 0.461. The van der Waals surface area contributed by atoms with Gasteiger partial charge in [-0.25, -0.2) is 0 Å². The van der Waals surface area contributed by atoms with Gasteiger partial charge in [-0.05, 0) is 29.8 Å². The Hall–Kier alpha value is -3.64. The number of hydrogen-bond acceptors (Lipinski definition) is 5. The van der Waals surface area contributed by atoms with Crippen LogP contribution in [0.4, 0.5) is 0 Å². The first-order chi connectivity index (χ1) is 14.7. The topological polar surface area (TPSA) is 77.2 Å². The molecule has 4 aromatic rings. The van der Waals surface area contributed by atoms with Crippen molar-refractivity contribution in [1.82, 2.24) is 15.5 Å². The average molecular weight is 420 g/mol. The van der Waals surface area contributed by atoms with E-state index in [-0.39, 0.29) is 12.5 Å². The van der Waals surface area contributed by atoms with Gasteiger partial charge in [0.05, 0.1) is 5.56 Å². The average Bonchev–Trinajstić information content (AvgIpc) is 3.26. The molecule has 0 unspecified atom stereocenters. The molecule has 6 nitrogen and oxygen atoms in total. The summed E-state index contributed by atoms with van der Waals surface area (Å²) in [6.07, 6.45) is 0. The third-order valence-electron chi connectivity index (χ3n) is 4.33. The Kier molecular flexibility index (Phi) is 6.06. The van der Waals surface area contributed by atoms with Crippen molar-refractivity contribution >= 4 is 17.5 Å². The zero-order valence-corrected chi connectivity index (χ0v) is 16.7. The molecule has 1 N–H and O–H groups in total. The first-order valence-electron chi connectivity index (χ1n) is 9.31. The summed E-state index contributed by atoms with van der Waals surface area (Å²) in [4.78, 5) is 16.9. The van der Waals surface area contributed by atoms with Crippen molar-refractivity contribution < 1.29 is 14.1 Å². The molecule has 150 valence electrons. The van der Waals surface area contributed by atoms with Crippen LogP contribution in [0.15, 0.2) is 83.4 Å². The molecule has 0 fully saturated rings. The molecule has 1 heterocycles. The molecule has 7 heteroatoms. The van der Waals surface area contributed by atoms with Gasteiger partial charge in [-0.1, -0.05) is 71.4 Å². The summed E-state index contributed by atoms with van der Waals surface area (Å²) in [5, 5.41) is 7.45. The number of aromatic nitrogens is 2. The van der Waals surface area contributed by atoms with Crippen LogP contribution in [-0.4, -0.2) is 16.0 Å². The second-order valence-corrected chi connectivity index (χ2v) is 6.91. The minimum Gasteiger partial charge on any atom is -0.483 e. The highest BCUT2D eigenvalue weighted by molar-refractivity contribution is 6.30. The van der Waals surface area contributed by atoms with E-state index in [2.05, 4.69) is 15.5 Å². The lowest BCUT2D eigenvalue weighted by atomic mass is 10.1. The van der Waals surface area contributed by atoms with E-state index in [4.69, 9.17) is 20.9 Å². The van der Waals surface area contributed by atoms with Crippen molar-refractivity contribution in [2.75, 3.05) is 0 Å². The number of nitrogens with one attached hydrogen (secondary N) is 1. The second kappa shape index (κ2) is 9.24. The van der Waals surface area contributed by atoms with Crippen molar-refractivity contribution in [3.8, 4) is 17.1 Å². The van der Waals surface area contributed by atoms with E-state index in [0.717, 1.165) is 11.1 Å². The Balaban J connectivity index is 1.41. The fourth-order valence-corrected chi connectivity index (χ4v) is 3.04. The van der Waals surface area contributed by atoms with Crippen LogP contribution in [0.1, 0.15) is 21.8 Å². The first kappa shape index (κ1) is 19.7. The number of carbonyl (C=O) groups excluding carboxylic acids is 1. The Morgan fingerprint density at radius 3 is 2.63 bits per heavy atom. The van der Waals surface area contributed by atoms with Crippen molar-refractivity contribution in [3.63, 3.8) is 0 Å². The number of nitrogens with zero attached hydrogens (tertiary/aromatic N) is 2. The van der Waals surface area contributed by atoms with Crippen LogP contribution < -0.4 is 10.1 Å². The van der Waals surface area contributed by atoms with Crippen LogP contribution in [0.25, 0.3) is 11.4 Å². The van der Waals surface area contributed by atoms with Crippen LogP contribution in [0.3, 0.4) is 0 Å². The number of amides is 1. The number of carbonyl (C=O) groups is 1. The van der Waals surface area contributed by atoms with E-state index in [1.54, 1.807) is 36.4 Å². The number of ether oxygens (including phenoxy) is 1. The van der Waals surface area contributed by atoms with E-state index in [0.29, 0.717) is 34.6 Å². The second-order valence-electron chi connectivity index (χ2n) is 6.48. The maximum absolute atomic E-state index is 12.6. The first-order valence-corrected chi connectivity index (χ1v) is 9.69. The summed E-state index contributed by atoms with van der Waals surface area (Å²) < 4.78 is 11.0. The molecule has 0 bridgehead atoms. The van der Waals surface area contributed by atoms with Crippen molar-refractivity contribution in [1.29, 1.82) is 0 Å². The highest BCUT2D eigenvalue weighted by Gasteiger charge is 2.14. The fraction of sp³-hybridized carbons (Fsp3) is 0.0870.